The van der Waals surface area contributed by atoms with Crippen molar-refractivity contribution in [3.05, 3.63) is 0 Å². The molecular weight excluding hydrogens is 184 g/mol. The number of ether oxygens (including phenoxy) is 2. The van der Waals surface area contributed by atoms with Gasteiger partial charge in [-0.2, -0.15) is 0 Å². The first-order chi connectivity index (χ1) is 6.70. The highest BCUT2D eigenvalue weighted by molar-refractivity contribution is 5.72. The van der Waals surface area contributed by atoms with E-state index in [0.29, 0.717) is 19.6 Å². The maximum Gasteiger partial charge on any atom is 0.311 e. The van der Waals surface area contributed by atoms with Crippen molar-refractivity contribution in [2.24, 2.45) is 11.8 Å². The summed E-state index contributed by atoms with van der Waals surface area (Å²) in [5.74, 6) is -0.655. The van der Waals surface area contributed by atoms with Crippen molar-refractivity contribution < 1.29 is 19.4 Å². The van der Waals surface area contributed by atoms with Gasteiger partial charge in [0, 0.05) is 12.5 Å². The molecule has 1 rings (SSSR count). The van der Waals surface area contributed by atoms with Crippen LogP contribution in [0.1, 0.15) is 19.8 Å². The van der Waals surface area contributed by atoms with Gasteiger partial charge in [0.2, 0.25) is 0 Å². The van der Waals surface area contributed by atoms with Crippen LogP contribution in [0.4, 0.5) is 0 Å². The number of carbonyl (C=O) groups is 1. The SMILES string of the molecule is CCC(C(=O)OC)C(O)C1CCOC1. The van der Waals surface area contributed by atoms with Crippen LogP contribution in [-0.2, 0) is 14.3 Å². The van der Waals surface area contributed by atoms with Gasteiger partial charge in [-0.3, -0.25) is 4.79 Å². The Labute approximate surface area is 84.2 Å². The first kappa shape index (κ1) is 11.5. The lowest BCUT2D eigenvalue weighted by atomic mass is 9.88. The molecule has 1 N–H and O–H groups in total. The second-order valence-electron chi connectivity index (χ2n) is 3.65. The lowest BCUT2D eigenvalue weighted by Crippen LogP contribution is -2.35. The number of esters is 1. The molecule has 0 amide bonds. The van der Waals surface area contributed by atoms with E-state index >= 15 is 0 Å². The minimum absolute atomic E-state index is 0.0825. The summed E-state index contributed by atoms with van der Waals surface area (Å²) in [5, 5.41) is 9.93. The summed E-state index contributed by atoms with van der Waals surface area (Å²) in [6, 6.07) is 0. The average Bonchev–Trinajstić information content (AvgIpc) is 2.71. The smallest absolute Gasteiger partial charge is 0.311 e. The topological polar surface area (TPSA) is 55.8 Å². The van der Waals surface area contributed by atoms with Gasteiger partial charge in [-0.25, -0.2) is 0 Å². The van der Waals surface area contributed by atoms with Crippen molar-refractivity contribution in [1.29, 1.82) is 0 Å². The Morgan fingerprint density at radius 1 is 1.71 bits per heavy atom. The van der Waals surface area contributed by atoms with Gasteiger partial charge in [0.05, 0.1) is 25.7 Å². The number of carbonyl (C=O) groups excluding carboxylic acids is 1. The monoisotopic (exact) mass is 202 g/mol. The molecule has 0 radical (unpaired) electrons. The van der Waals surface area contributed by atoms with Crippen LogP contribution < -0.4 is 0 Å². The Morgan fingerprint density at radius 2 is 2.43 bits per heavy atom. The molecule has 1 aliphatic heterocycles. The van der Waals surface area contributed by atoms with Gasteiger partial charge in [-0.1, -0.05) is 6.92 Å². The normalized spacial score (nSPS) is 25.8. The van der Waals surface area contributed by atoms with E-state index in [4.69, 9.17) is 4.74 Å². The molecule has 0 aliphatic carbocycles. The molecule has 3 atom stereocenters. The van der Waals surface area contributed by atoms with Crippen LogP contribution >= 0.6 is 0 Å². The highest BCUT2D eigenvalue weighted by Gasteiger charge is 2.34. The van der Waals surface area contributed by atoms with E-state index in [1.54, 1.807) is 0 Å². The molecule has 1 heterocycles. The van der Waals surface area contributed by atoms with E-state index in [1.807, 2.05) is 6.92 Å². The molecule has 1 saturated heterocycles. The van der Waals surface area contributed by atoms with E-state index in [0.717, 1.165) is 6.42 Å². The lowest BCUT2D eigenvalue weighted by molar-refractivity contribution is -0.151. The fourth-order valence-electron chi connectivity index (χ4n) is 1.85. The van der Waals surface area contributed by atoms with Crippen LogP contribution in [0.3, 0.4) is 0 Å². The van der Waals surface area contributed by atoms with Crippen molar-refractivity contribution in [3.8, 4) is 0 Å². The second kappa shape index (κ2) is 5.32. The molecule has 0 spiro atoms. The largest absolute Gasteiger partial charge is 0.469 e. The van der Waals surface area contributed by atoms with E-state index in [1.165, 1.54) is 7.11 Å². The zero-order valence-corrected chi connectivity index (χ0v) is 8.73. The predicted molar refractivity (Wildman–Crippen MR) is 50.7 cm³/mol. The highest BCUT2D eigenvalue weighted by atomic mass is 16.5. The summed E-state index contributed by atoms with van der Waals surface area (Å²) in [5.41, 5.74) is 0. The summed E-state index contributed by atoms with van der Waals surface area (Å²) in [6.45, 7) is 3.11. The van der Waals surface area contributed by atoms with Gasteiger partial charge >= 0.3 is 5.97 Å². The standard InChI is InChI=1S/C10H18O4/c1-3-8(10(12)13-2)9(11)7-4-5-14-6-7/h7-9,11H,3-6H2,1-2H3. The van der Waals surface area contributed by atoms with Crippen molar-refractivity contribution in [2.45, 2.75) is 25.9 Å². The van der Waals surface area contributed by atoms with Crippen molar-refractivity contribution in [1.82, 2.24) is 0 Å². The quantitative estimate of drug-likeness (QED) is 0.678. The number of aliphatic hydroxyl groups excluding tert-OH is 1. The molecular formula is C10H18O4. The van der Waals surface area contributed by atoms with Crippen LogP contribution in [0.25, 0.3) is 0 Å². The third-order valence-electron chi connectivity index (χ3n) is 2.80. The van der Waals surface area contributed by atoms with Crippen LogP contribution in [0.5, 0.6) is 0 Å². The molecule has 0 aromatic heterocycles. The Kier molecular flexibility index (Phi) is 4.35. The molecule has 0 bridgehead atoms. The maximum absolute atomic E-state index is 11.3. The minimum Gasteiger partial charge on any atom is -0.469 e. The Balaban J connectivity index is 2.54. The number of hydrogen-bond donors (Lipinski definition) is 1. The zero-order valence-electron chi connectivity index (χ0n) is 8.73. The van der Waals surface area contributed by atoms with Crippen molar-refractivity contribution in [2.75, 3.05) is 20.3 Å². The van der Waals surface area contributed by atoms with E-state index in [9.17, 15) is 9.90 Å². The zero-order chi connectivity index (χ0) is 10.6. The first-order valence-corrected chi connectivity index (χ1v) is 5.04. The summed E-state index contributed by atoms with van der Waals surface area (Å²) in [4.78, 5) is 11.3. The Bertz CT molecular complexity index is 187. The van der Waals surface area contributed by atoms with E-state index < -0.39 is 12.0 Å². The second-order valence-corrected chi connectivity index (χ2v) is 3.65. The predicted octanol–water partition coefficient (Wildman–Crippen LogP) is 0.583. The lowest BCUT2D eigenvalue weighted by Gasteiger charge is -2.23. The molecule has 14 heavy (non-hydrogen) atoms. The Morgan fingerprint density at radius 3 is 2.86 bits per heavy atom. The summed E-state index contributed by atoms with van der Waals surface area (Å²) in [7, 11) is 1.35. The van der Waals surface area contributed by atoms with Crippen molar-refractivity contribution in [3.63, 3.8) is 0 Å². The first-order valence-electron chi connectivity index (χ1n) is 5.04. The minimum atomic E-state index is -0.630. The van der Waals surface area contributed by atoms with Gasteiger partial charge in [-0.05, 0) is 12.8 Å². The molecule has 1 fully saturated rings. The van der Waals surface area contributed by atoms with Gasteiger partial charge in [-0.15, -0.1) is 0 Å². The molecule has 3 unspecified atom stereocenters. The van der Waals surface area contributed by atoms with E-state index in [2.05, 4.69) is 4.74 Å². The molecule has 0 aromatic rings. The molecule has 4 nitrogen and oxygen atoms in total. The summed E-state index contributed by atoms with van der Waals surface area (Å²) >= 11 is 0. The fourth-order valence-corrected chi connectivity index (χ4v) is 1.85. The molecule has 1 aliphatic rings. The van der Waals surface area contributed by atoms with Gasteiger partial charge in [0.15, 0.2) is 0 Å². The van der Waals surface area contributed by atoms with Gasteiger partial charge < -0.3 is 14.6 Å². The number of methoxy groups -OCH3 is 1. The molecule has 0 saturated carbocycles. The number of hydrogen-bond acceptors (Lipinski definition) is 4. The van der Waals surface area contributed by atoms with Gasteiger partial charge in [0.25, 0.3) is 0 Å². The van der Waals surface area contributed by atoms with Crippen LogP contribution in [0.2, 0.25) is 0 Å². The Hall–Kier alpha value is -0.610. The maximum atomic E-state index is 11.3. The third kappa shape index (κ3) is 2.45. The van der Waals surface area contributed by atoms with Crippen LogP contribution in [0.15, 0.2) is 0 Å². The van der Waals surface area contributed by atoms with E-state index in [-0.39, 0.29) is 11.9 Å². The summed E-state index contributed by atoms with van der Waals surface area (Å²) < 4.78 is 9.82. The van der Waals surface area contributed by atoms with Crippen molar-refractivity contribution >= 4 is 5.97 Å². The number of aliphatic hydroxyl groups is 1. The fraction of sp³-hybridized carbons (Fsp3) is 0.900. The van der Waals surface area contributed by atoms with Crippen LogP contribution in [-0.4, -0.2) is 37.5 Å². The molecule has 4 heteroatoms. The average molecular weight is 202 g/mol. The highest BCUT2D eigenvalue weighted by Crippen LogP contribution is 2.24. The molecule has 82 valence electrons. The summed E-state index contributed by atoms with van der Waals surface area (Å²) in [6.07, 6.45) is 0.800. The number of rotatable bonds is 4. The van der Waals surface area contributed by atoms with Gasteiger partial charge in [0.1, 0.15) is 0 Å². The third-order valence-corrected chi connectivity index (χ3v) is 2.80. The molecule has 0 aromatic carbocycles. The van der Waals surface area contributed by atoms with Crippen LogP contribution in [0, 0.1) is 11.8 Å².